The molecule has 0 aliphatic heterocycles. The predicted octanol–water partition coefficient (Wildman–Crippen LogP) is 16.9. The van der Waals surface area contributed by atoms with Crippen molar-refractivity contribution < 1.29 is 0 Å². The summed E-state index contributed by atoms with van der Waals surface area (Å²) in [6.07, 6.45) is 0. The molecule has 0 radical (unpaired) electrons. The second kappa shape index (κ2) is 14.4. The molecule has 1 heteroatoms. The van der Waals surface area contributed by atoms with Gasteiger partial charge < -0.3 is 4.90 Å². The lowest BCUT2D eigenvalue weighted by Gasteiger charge is -2.29. The van der Waals surface area contributed by atoms with E-state index in [9.17, 15) is 0 Å². The fourth-order valence-corrected chi connectivity index (χ4v) is 9.52. The van der Waals surface area contributed by atoms with Crippen LogP contribution in [0, 0.1) is 0 Å². The number of fused-ring (bicyclic) bond motifs is 6. The fraction of sp³-hybridized carbons (Fsp3) is 0. The zero-order chi connectivity index (χ0) is 40.3. The molecule has 0 fully saturated rings. The van der Waals surface area contributed by atoms with E-state index in [0.717, 1.165) is 17.1 Å². The van der Waals surface area contributed by atoms with Crippen LogP contribution in [0.1, 0.15) is 0 Å². The van der Waals surface area contributed by atoms with Crippen LogP contribution in [0.25, 0.3) is 99.1 Å². The van der Waals surface area contributed by atoms with E-state index in [1.54, 1.807) is 0 Å². The molecule has 0 aromatic heterocycles. The van der Waals surface area contributed by atoms with E-state index in [2.05, 4.69) is 241 Å². The minimum Gasteiger partial charge on any atom is -0.310 e. The van der Waals surface area contributed by atoms with Gasteiger partial charge in [0.15, 0.2) is 0 Å². The standard InChI is InChI=1S/C60H39N/c1-3-13-40(14-4-1)41-27-29-42(30-28-41)43-31-34-49(35-32-43)61(50-20-9-19-46(38-50)51-22-12-25-55-53(51)36-33-47-37-48-39-57(48)60(47)55)58-26-8-7-21-54(58)56-24-11-18-45-17-10-23-52(59(45)56)44-15-5-2-6-16-44/h1-39H. The number of hydrogen-bond donors (Lipinski definition) is 0. The molecule has 284 valence electrons. The Morgan fingerprint density at radius 2 is 0.803 bits per heavy atom. The molecule has 0 amide bonds. The molecule has 0 bridgehead atoms. The summed E-state index contributed by atoms with van der Waals surface area (Å²) in [7, 11) is 0. The number of benzene rings is 11. The van der Waals surface area contributed by atoms with Gasteiger partial charge in [-0.3, -0.25) is 0 Å². The minimum absolute atomic E-state index is 1.09. The Bertz CT molecular complexity index is 3430. The molecule has 2 aliphatic carbocycles. The molecule has 2 aliphatic rings. The summed E-state index contributed by atoms with van der Waals surface area (Å²) in [4.78, 5) is 2.44. The third kappa shape index (κ3) is 6.10. The Hall–Kier alpha value is -8.00. The second-order valence-corrected chi connectivity index (χ2v) is 16.1. The van der Waals surface area contributed by atoms with Crippen LogP contribution in [0.3, 0.4) is 0 Å². The summed E-state index contributed by atoms with van der Waals surface area (Å²) in [5.41, 5.74) is 18.1. The van der Waals surface area contributed by atoms with Crippen LogP contribution in [0.5, 0.6) is 0 Å². The summed E-state index contributed by atoms with van der Waals surface area (Å²) in [5, 5.41) is 7.76. The van der Waals surface area contributed by atoms with E-state index in [1.807, 2.05) is 0 Å². The second-order valence-electron chi connectivity index (χ2n) is 16.1. The summed E-state index contributed by atoms with van der Waals surface area (Å²) in [6.45, 7) is 0. The normalized spacial score (nSPS) is 11.6. The van der Waals surface area contributed by atoms with E-state index in [4.69, 9.17) is 0 Å². The number of para-hydroxylation sites is 1. The van der Waals surface area contributed by atoms with Gasteiger partial charge in [-0.2, -0.15) is 0 Å². The zero-order valence-corrected chi connectivity index (χ0v) is 33.5. The first-order chi connectivity index (χ1) is 30.2. The molecule has 12 rings (SSSR count). The topological polar surface area (TPSA) is 3.24 Å². The van der Waals surface area contributed by atoms with Gasteiger partial charge in [-0.15, -0.1) is 0 Å². The van der Waals surface area contributed by atoms with Crippen molar-refractivity contribution in [2.24, 2.45) is 0 Å². The summed E-state index contributed by atoms with van der Waals surface area (Å²) in [5.74, 6) is 0. The highest BCUT2D eigenvalue weighted by atomic mass is 15.1. The summed E-state index contributed by atoms with van der Waals surface area (Å²) in [6, 6.07) is 86.7. The van der Waals surface area contributed by atoms with Gasteiger partial charge in [0.1, 0.15) is 0 Å². The van der Waals surface area contributed by atoms with Crippen molar-refractivity contribution >= 4 is 49.4 Å². The number of nitrogens with zero attached hydrogens (tertiary/aromatic N) is 1. The van der Waals surface area contributed by atoms with E-state index in [0.29, 0.717) is 0 Å². The first kappa shape index (κ1) is 35.0. The third-order valence-electron chi connectivity index (χ3n) is 12.5. The molecule has 10 aromatic rings. The maximum atomic E-state index is 2.44. The molecule has 0 heterocycles. The van der Waals surface area contributed by atoms with Crippen LogP contribution in [-0.2, 0) is 0 Å². The maximum Gasteiger partial charge on any atom is 0.0540 e. The number of hydrogen-bond acceptors (Lipinski definition) is 1. The molecular formula is C60H39N. The van der Waals surface area contributed by atoms with Crippen molar-refractivity contribution in [2.45, 2.75) is 0 Å². The lowest BCUT2D eigenvalue weighted by molar-refractivity contribution is 1.28. The van der Waals surface area contributed by atoms with Crippen LogP contribution in [-0.4, -0.2) is 0 Å². The minimum atomic E-state index is 1.09. The van der Waals surface area contributed by atoms with Crippen molar-refractivity contribution in [2.75, 3.05) is 4.90 Å². The van der Waals surface area contributed by atoms with Gasteiger partial charge in [0.05, 0.1) is 5.69 Å². The monoisotopic (exact) mass is 773 g/mol. The predicted molar refractivity (Wildman–Crippen MR) is 260 cm³/mol. The molecule has 1 nitrogen and oxygen atoms in total. The smallest absolute Gasteiger partial charge is 0.0540 e. The van der Waals surface area contributed by atoms with Gasteiger partial charge >= 0.3 is 0 Å². The molecule has 0 atom stereocenters. The fourth-order valence-electron chi connectivity index (χ4n) is 9.52. The zero-order valence-electron chi connectivity index (χ0n) is 33.5. The molecule has 0 unspecified atom stereocenters. The summed E-state index contributed by atoms with van der Waals surface area (Å²) >= 11 is 0. The SMILES string of the molecule is c1ccc(-c2ccc(-c3ccc(N(c4cccc(-c5cccc6c5ccc5cc7cc-7c56)c4)c4ccccc4-c4cccc5cccc(-c6ccccc6)c45)cc3)cc2)cc1. The van der Waals surface area contributed by atoms with Gasteiger partial charge in [0.2, 0.25) is 0 Å². The molecule has 0 spiro atoms. The number of rotatable bonds is 8. The van der Waals surface area contributed by atoms with Crippen molar-refractivity contribution in [3.8, 4) is 66.8 Å². The van der Waals surface area contributed by atoms with Crippen LogP contribution in [0.15, 0.2) is 237 Å². The first-order valence-corrected chi connectivity index (χ1v) is 21.1. The molecular weight excluding hydrogens is 735 g/mol. The van der Waals surface area contributed by atoms with Crippen molar-refractivity contribution in [1.82, 2.24) is 0 Å². The summed E-state index contributed by atoms with van der Waals surface area (Å²) < 4.78 is 0. The largest absolute Gasteiger partial charge is 0.310 e. The molecule has 0 saturated heterocycles. The van der Waals surface area contributed by atoms with E-state index in [-0.39, 0.29) is 0 Å². The van der Waals surface area contributed by atoms with Crippen molar-refractivity contribution in [1.29, 1.82) is 0 Å². The highest BCUT2D eigenvalue weighted by molar-refractivity contribution is 6.23. The van der Waals surface area contributed by atoms with Gasteiger partial charge in [0.25, 0.3) is 0 Å². The highest BCUT2D eigenvalue weighted by Gasteiger charge is 2.22. The van der Waals surface area contributed by atoms with Crippen LogP contribution < -0.4 is 4.90 Å². The lowest BCUT2D eigenvalue weighted by Crippen LogP contribution is -2.11. The van der Waals surface area contributed by atoms with Crippen LogP contribution >= 0.6 is 0 Å². The average molecular weight is 774 g/mol. The van der Waals surface area contributed by atoms with Gasteiger partial charge in [-0.1, -0.05) is 194 Å². The average Bonchev–Trinajstić information content (AvgIpc) is 4.00. The molecule has 61 heavy (non-hydrogen) atoms. The molecule has 0 N–H and O–H groups in total. The Morgan fingerprint density at radius 1 is 0.230 bits per heavy atom. The molecule has 10 aromatic carbocycles. The van der Waals surface area contributed by atoms with E-state index < -0.39 is 0 Å². The number of anilines is 3. The van der Waals surface area contributed by atoms with Gasteiger partial charge in [-0.25, -0.2) is 0 Å². The highest BCUT2D eigenvalue weighted by Crippen LogP contribution is 2.49. The van der Waals surface area contributed by atoms with Crippen molar-refractivity contribution in [3.05, 3.63) is 237 Å². The first-order valence-electron chi connectivity index (χ1n) is 21.1. The van der Waals surface area contributed by atoms with Crippen LogP contribution in [0.4, 0.5) is 17.1 Å². The Kier molecular flexibility index (Phi) is 8.25. The Labute approximate surface area is 356 Å². The van der Waals surface area contributed by atoms with Crippen LogP contribution in [0.2, 0.25) is 0 Å². The van der Waals surface area contributed by atoms with E-state index in [1.165, 1.54) is 99.1 Å². The van der Waals surface area contributed by atoms with Crippen molar-refractivity contribution in [3.63, 3.8) is 0 Å². The Morgan fingerprint density at radius 3 is 1.56 bits per heavy atom. The van der Waals surface area contributed by atoms with Gasteiger partial charge in [0, 0.05) is 16.9 Å². The maximum absolute atomic E-state index is 2.44. The molecule has 0 saturated carbocycles. The Balaban J connectivity index is 1.02. The van der Waals surface area contributed by atoms with E-state index >= 15 is 0 Å². The third-order valence-corrected chi connectivity index (χ3v) is 12.5. The quantitative estimate of drug-likeness (QED) is 0.139. The lowest BCUT2D eigenvalue weighted by atomic mass is 9.90. The van der Waals surface area contributed by atoms with Gasteiger partial charge in [-0.05, 0) is 136 Å².